The van der Waals surface area contributed by atoms with Crippen LogP contribution in [0.4, 0.5) is 0 Å². The maximum atomic E-state index is 12.0. The van der Waals surface area contributed by atoms with Crippen LogP contribution in [0.1, 0.15) is 12.8 Å². The van der Waals surface area contributed by atoms with Gasteiger partial charge in [-0.2, -0.15) is 0 Å². The molecule has 0 unspecified atom stereocenters. The van der Waals surface area contributed by atoms with E-state index in [-0.39, 0.29) is 15.8 Å². The molecule has 0 aliphatic heterocycles. The minimum Gasteiger partial charge on any atom is -0.207 e. The van der Waals surface area contributed by atoms with Gasteiger partial charge in [0.2, 0.25) is 10.0 Å². The van der Waals surface area contributed by atoms with Crippen molar-refractivity contribution >= 4 is 33.2 Å². The van der Waals surface area contributed by atoms with Crippen LogP contribution in [0.15, 0.2) is 29.2 Å². The van der Waals surface area contributed by atoms with E-state index in [9.17, 15) is 8.42 Å². The van der Waals surface area contributed by atoms with Crippen molar-refractivity contribution in [2.75, 3.05) is 5.88 Å². The van der Waals surface area contributed by atoms with Gasteiger partial charge in [-0.15, -0.1) is 11.6 Å². The Hall–Kier alpha value is -0.290. The Morgan fingerprint density at radius 3 is 2.44 bits per heavy atom. The molecular weight excluding hydrogens is 269 g/mol. The van der Waals surface area contributed by atoms with Gasteiger partial charge in [0.15, 0.2) is 0 Å². The largest absolute Gasteiger partial charge is 0.242 e. The number of hydrogen-bond acceptors (Lipinski definition) is 2. The number of rotatable bonds is 4. The number of sulfonamides is 1. The second-order valence-corrected chi connectivity index (χ2v) is 6.28. The molecule has 2 rings (SSSR count). The lowest BCUT2D eigenvalue weighted by Crippen LogP contribution is -2.38. The van der Waals surface area contributed by atoms with E-state index in [0.717, 1.165) is 12.8 Å². The average molecular weight is 280 g/mol. The first-order valence-corrected chi connectivity index (χ1v) is 7.23. The van der Waals surface area contributed by atoms with Gasteiger partial charge in [-0.05, 0) is 25.0 Å². The van der Waals surface area contributed by atoms with E-state index in [2.05, 4.69) is 4.72 Å². The molecular formula is C10H11Cl2NO2S. The van der Waals surface area contributed by atoms with Gasteiger partial charge in [-0.3, -0.25) is 0 Å². The molecule has 88 valence electrons. The molecule has 1 aliphatic rings. The van der Waals surface area contributed by atoms with Crippen molar-refractivity contribution in [2.24, 2.45) is 0 Å². The highest BCUT2D eigenvalue weighted by Crippen LogP contribution is 2.38. The lowest BCUT2D eigenvalue weighted by Gasteiger charge is -2.14. The van der Waals surface area contributed by atoms with Crippen molar-refractivity contribution in [3.63, 3.8) is 0 Å². The van der Waals surface area contributed by atoms with Gasteiger partial charge in [-0.25, -0.2) is 13.1 Å². The minimum atomic E-state index is -3.56. The van der Waals surface area contributed by atoms with E-state index in [4.69, 9.17) is 23.2 Å². The first-order chi connectivity index (χ1) is 7.49. The van der Waals surface area contributed by atoms with Crippen molar-refractivity contribution < 1.29 is 8.42 Å². The first-order valence-electron chi connectivity index (χ1n) is 4.84. The predicted molar refractivity (Wildman–Crippen MR) is 64.5 cm³/mol. The van der Waals surface area contributed by atoms with Crippen LogP contribution in [0.3, 0.4) is 0 Å². The maximum absolute atomic E-state index is 12.0. The standard InChI is InChI=1S/C10H11Cl2NO2S/c11-7-10(5-6-10)13-16(14,15)9-4-2-1-3-8(9)12/h1-4,13H,5-7H2. The summed E-state index contributed by atoms with van der Waals surface area (Å²) < 4.78 is 26.6. The topological polar surface area (TPSA) is 46.2 Å². The summed E-state index contributed by atoms with van der Waals surface area (Å²) in [5.74, 6) is 0.288. The molecule has 0 radical (unpaired) electrons. The van der Waals surface area contributed by atoms with Crippen LogP contribution in [0.25, 0.3) is 0 Å². The molecule has 16 heavy (non-hydrogen) atoms. The van der Waals surface area contributed by atoms with Crippen molar-refractivity contribution in [2.45, 2.75) is 23.3 Å². The van der Waals surface area contributed by atoms with Gasteiger partial charge in [0.05, 0.1) is 5.02 Å². The number of hydrogen-bond donors (Lipinski definition) is 1. The monoisotopic (exact) mass is 279 g/mol. The molecule has 1 saturated carbocycles. The quantitative estimate of drug-likeness (QED) is 0.861. The Bertz CT molecular complexity index is 497. The molecule has 1 aromatic rings. The van der Waals surface area contributed by atoms with E-state index < -0.39 is 15.6 Å². The third-order valence-electron chi connectivity index (χ3n) is 2.59. The Labute approximate surface area is 105 Å². The molecule has 0 saturated heterocycles. The minimum absolute atomic E-state index is 0.105. The van der Waals surface area contributed by atoms with E-state index in [0.29, 0.717) is 0 Å². The molecule has 1 aliphatic carbocycles. The summed E-state index contributed by atoms with van der Waals surface area (Å²) in [5, 5.41) is 0.223. The van der Waals surface area contributed by atoms with Crippen molar-refractivity contribution in [3.05, 3.63) is 29.3 Å². The highest BCUT2D eigenvalue weighted by molar-refractivity contribution is 7.89. The molecule has 6 heteroatoms. The zero-order chi connectivity index (χ0) is 11.8. The van der Waals surface area contributed by atoms with Crippen molar-refractivity contribution in [1.82, 2.24) is 4.72 Å². The second kappa shape index (κ2) is 4.18. The Balaban J connectivity index is 2.30. The molecule has 0 amide bonds. The van der Waals surface area contributed by atoms with E-state index in [1.165, 1.54) is 6.07 Å². The molecule has 1 N–H and O–H groups in total. The van der Waals surface area contributed by atoms with Crippen LogP contribution < -0.4 is 4.72 Å². The zero-order valence-corrected chi connectivity index (χ0v) is 10.7. The summed E-state index contributed by atoms with van der Waals surface area (Å²) in [5.41, 5.74) is -0.459. The van der Waals surface area contributed by atoms with Crippen LogP contribution in [-0.2, 0) is 10.0 Å². The molecule has 0 aromatic heterocycles. The van der Waals surface area contributed by atoms with E-state index in [1.54, 1.807) is 18.2 Å². The SMILES string of the molecule is O=S(=O)(NC1(CCl)CC1)c1ccccc1Cl. The van der Waals surface area contributed by atoms with Crippen LogP contribution in [0.2, 0.25) is 5.02 Å². The summed E-state index contributed by atoms with van der Waals surface area (Å²) in [4.78, 5) is 0.105. The van der Waals surface area contributed by atoms with Crippen LogP contribution in [0.5, 0.6) is 0 Å². The van der Waals surface area contributed by atoms with Gasteiger partial charge in [0, 0.05) is 11.4 Å². The van der Waals surface area contributed by atoms with Crippen molar-refractivity contribution in [1.29, 1.82) is 0 Å². The summed E-state index contributed by atoms with van der Waals surface area (Å²) in [6, 6.07) is 6.36. The Morgan fingerprint density at radius 1 is 1.31 bits per heavy atom. The highest BCUT2D eigenvalue weighted by atomic mass is 35.5. The van der Waals surface area contributed by atoms with Crippen LogP contribution >= 0.6 is 23.2 Å². The summed E-state index contributed by atoms with van der Waals surface area (Å²) in [6.45, 7) is 0. The fraction of sp³-hybridized carbons (Fsp3) is 0.400. The third-order valence-corrected chi connectivity index (χ3v) is 5.18. The lowest BCUT2D eigenvalue weighted by atomic mass is 10.4. The molecule has 0 atom stereocenters. The second-order valence-electron chi connectivity index (χ2n) is 3.95. The lowest BCUT2D eigenvalue weighted by molar-refractivity contribution is 0.559. The predicted octanol–water partition coefficient (Wildman–Crippen LogP) is 2.39. The van der Waals surface area contributed by atoms with E-state index >= 15 is 0 Å². The molecule has 0 heterocycles. The Morgan fingerprint density at radius 2 is 1.94 bits per heavy atom. The summed E-state index contributed by atoms with van der Waals surface area (Å²) in [7, 11) is -3.56. The molecule has 1 aromatic carbocycles. The molecule has 3 nitrogen and oxygen atoms in total. The van der Waals surface area contributed by atoms with Crippen LogP contribution in [-0.4, -0.2) is 19.8 Å². The Kier molecular flexibility index (Phi) is 3.18. The summed E-state index contributed by atoms with van der Waals surface area (Å²) >= 11 is 11.6. The average Bonchev–Trinajstić information content (AvgIpc) is 2.98. The zero-order valence-electron chi connectivity index (χ0n) is 8.41. The molecule has 0 spiro atoms. The summed E-state index contributed by atoms with van der Waals surface area (Å²) in [6.07, 6.45) is 1.56. The third kappa shape index (κ3) is 2.35. The fourth-order valence-electron chi connectivity index (χ4n) is 1.42. The van der Waals surface area contributed by atoms with Crippen molar-refractivity contribution in [3.8, 4) is 0 Å². The number of halogens is 2. The van der Waals surface area contributed by atoms with Gasteiger partial charge in [-0.1, -0.05) is 23.7 Å². The highest BCUT2D eigenvalue weighted by Gasteiger charge is 2.45. The normalized spacial score (nSPS) is 18.4. The number of benzene rings is 1. The molecule has 1 fully saturated rings. The van der Waals surface area contributed by atoms with Gasteiger partial charge >= 0.3 is 0 Å². The van der Waals surface area contributed by atoms with Gasteiger partial charge in [0.25, 0.3) is 0 Å². The first kappa shape index (κ1) is 12.2. The maximum Gasteiger partial charge on any atom is 0.242 e. The van der Waals surface area contributed by atoms with E-state index in [1.807, 2.05) is 0 Å². The van der Waals surface area contributed by atoms with Gasteiger partial charge < -0.3 is 0 Å². The fourth-order valence-corrected chi connectivity index (χ4v) is 3.81. The number of alkyl halides is 1. The van der Waals surface area contributed by atoms with Gasteiger partial charge in [0.1, 0.15) is 4.90 Å². The molecule has 0 bridgehead atoms. The number of nitrogens with one attached hydrogen (secondary N) is 1. The smallest absolute Gasteiger partial charge is 0.207 e. The van der Waals surface area contributed by atoms with Crippen LogP contribution in [0, 0.1) is 0 Å².